The molecule has 0 saturated carbocycles. The Kier molecular flexibility index (Phi) is 5.62. The first-order chi connectivity index (χ1) is 9.83. The van der Waals surface area contributed by atoms with Crippen LogP contribution in [0.2, 0.25) is 0 Å². The second-order valence-corrected chi connectivity index (χ2v) is 4.88. The van der Waals surface area contributed by atoms with Gasteiger partial charge in [-0.3, -0.25) is 4.68 Å². The lowest BCUT2D eigenvalue weighted by molar-refractivity contribution is 0.183. The first-order valence-electron chi connectivity index (χ1n) is 7.16. The molecule has 0 aliphatic rings. The van der Waals surface area contributed by atoms with Crippen molar-refractivity contribution in [3.05, 3.63) is 48.3 Å². The zero-order valence-corrected chi connectivity index (χ0v) is 12.2. The second-order valence-electron chi connectivity index (χ2n) is 4.88. The Morgan fingerprint density at radius 3 is 2.80 bits per heavy atom. The van der Waals surface area contributed by atoms with Crippen molar-refractivity contribution < 1.29 is 4.74 Å². The number of aromatic nitrogens is 2. The fourth-order valence-corrected chi connectivity index (χ4v) is 2.24. The molecule has 0 bridgehead atoms. The lowest BCUT2D eigenvalue weighted by Crippen LogP contribution is -2.10. The summed E-state index contributed by atoms with van der Waals surface area (Å²) in [6.07, 6.45) is 6.16. The monoisotopic (exact) mass is 273 g/mol. The van der Waals surface area contributed by atoms with E-state index >= 15 is 0 Å². The molecule has 20 heavy (non-hydrogen) atoms. The average Bonchev–Trinajstić information content (AvgIpc) is 2.93. The van der Waals surface area contributed by atoms with E-state index in [9.17, 15) is 0 Å². The standard InChI is InChI=1S/C16H23N3O/c1-3-7-16(14-8-5-4-6-9-14)18-15-12-17-19(13-15)10-11-20-2/h4-6,8-9,12-13,16,18H,3,7,10-11H2,1-2H3. The molecule has 4 nitrogen and oxygen atoms in total. The highest BCUT2D eigenvalue weighted by Crippen LogP contribution is 2.23. The summed E-state index contributed by atoms with van der Waals surface area (Å²) in [7, 11) is 1.70. The molecule has 1 aromatic heterocycles. The van der Waals surface area contributed by atoms with Gasteiger partial charge in [0.1, 0.15) is 0 Å². The van der Waals surface area contributed by atoms with E-state index in [0.717, 1.165) is 25.1 Å². The molecule has 1 atom stereocenters. The topological polar surface area (TPSA) is 39.1 Å². The number of nitrogens with one attached hydrogen (secondary N) is 1. The highest BCUT2D eigenvalue weighted by Gasteiger charge is 2.10. The molecule has 1 N–H and O–H groups in total. The van der Waals surface area contributed by atoms with Gasteiger partial charge in [-0.25, -0.2) is 0 Å². The maximum atomic E-state index is 5.06. The number of rotatable bonds is 8. The first kappa shape index (κ1) is 14.6. The van der Waals surface area contributed by atoms with E-state index in [1.165, 1.54) is 5.56 Å². The summed E-state index contributed by atoms with van der Waals surface area (Å²) in [5, 5.41) is 7.90. The highest BCUT2D eigenvalue weighted by molar-refractivity contribution is 5.41. The summed E-state index contributed by atoms with van der Waals surface area (Å²) >= 11 is 0. The van der Waals surface area contributed by atoms with Crippen molar-refractivity contribution >= 4 is 5.69 Å². The predicted molar refractivity (Wildman–Crippen MR) is 81.8 cm³/mol. The molecular weight excluding hydrogens is 250 g/mol. The van der Waals surface area contributed by atoms with Gasteiger partial charge in [0, 0.05) is 13.3 Å². The molecule has 108 valence electrons. The van der Waals surface area contributed by atoms with Gasteiger partial charge in [-0.1, -0.05) is 43.7 Å². The van der Waals surface area contributed by atoms with E-state index in [-0.39, 0.29) is 0 Å². The molecule has 0 radical (unpaired) electrons. The summed E-state index contributed by atoms with van der Waals surface area (Å²) in [6.45, 7) is 3.67. The van der Waals surface area contributed by atoms with Crippen LogP contribution in [0.25, 0.3) is 0 Å². The van der Waals surface area contributed by atoms with E-state index < -0.39 is 0 Å². The van der Waals surface area contributed by atoms with Gasteiger partial charge in [0.2, 0.25) is 0 Å². The molecule has 1 heterocycles. The van der Waals surface area contributed by atoms with Gasteiger partial charge in [-0.2, -0.15) is 5.10 Å². The van der Waals surface area contributed by atoms with E-state index in [1.54, 1.807) is 7.11 Å². The predicted octanol–water partition coefficient (Wildman–Crippen LogP) is 3.48. The van der Waals surface area contributed by atoms with Crippen molar-refractivity contribution in [2.45, 2.75) is 32.4 Å². The zero-order valence-electron chi connectivity index (χ0n) is 12.2. The smallest absolute Gasteiger partial charge is 0.0731 e. The number of benzene rings is 1. The van der Waals surface area contributed by atoms with Crippen molar-refractivity contribution in [1.29, 1.82) is 0 Å². The van der Waals surface area contributed by atoms with Gasteiger partial charge in [-0.05, 0) is 12.0 Å². The van der Waals surface area contributed by atoms with Crippen LogP contribution in [-0.4, -0.2) is 23.5 Å². The van der Waals surface area contributed by atoms with E-state index in [2.05, 4.69) is 47.7 Å². The third kappa shape index (κ3) is 4.10. The third-order valence-electron chi connectivity index (χ3n) is 3.28. The Bertz CT molecular complexity index is 495. The van der Waals surface area contributed by atoms with Crippen molar-refractivity contribution in [2.75, 3.05) is 19.0 Å². The van der Waals surface area contributed by atoms with Gasteiger partial charge in [0.05, 0.1) is 31.1 Å². The lowest BCUT2D eigenvalue weighted by atomic mass is 10.0. The Morgan fingerprint density at radius 1 is 1.30 bits per heavy atom. The summed E-state index contributed by atoms with van der Waals surface area (Å²) in [4.78, 5) is 0. The third-order valence-corrected chi connectivity index (χ3v) is 3.28. The zero-order chi connectivity index (χ0) is 14.2. The van der Waals surface area contributed by atoms with Crippen LogP contribution in [0.4, 0.5) is 5.69 Å². The van der Waals surface area contributed by atoms with Crippen LogP contribution in [0.5, 0.6) is 0 Å². The Hall–Kier alpha value is -1.81. The number of nitrogens with zero attached hydrogens (tertiary/aromatic N) is 2. The molecule has 4 heteroatoms. The molecular formula is C16H23N3O. The molecule has 0 fully saturated rings. The Balaban J connectivity index is 2.02. The van der Waals surface area contributed by atoms with Gasteiger partial charge in [0.15, 0.2) is 0 Å². The van der Waals surface area contributed by atoms with Crippen molar-refractivity contribution in [3.63, 3.8) is 0 Å². The molecule has 2 rings (SSSR count). The molecule has 0 amide bonds. The fraction of sp³-hybridized carbons (Fsp3) is 0.438. The maximum absolute atomic E-state index is 5.06. The van der Waals surface area contributed by atoms with Crippen LogP contribution in [0, 0.1) is 0 Å². The fourth-order valence-electron chi connectivity index (χ4n) is 2.24. The van der Waals surface area contributed by atoms with Crippen LogP contribution < -0.4 is 5.32 Å². The van der Waals surface area contributed by atoms with Gasteiger partial charge >= 0.3 is 0 Å². The molecule has 0 aliphatic heterocycles. The molecule has 1 aromatic carbocycles. The van der Waals surface area contributed by atoms with Crippen LogP contribution in [0.1, 0.15) is 31.4 Å². The Morgan fingerprint density at radius 2 is 2.10 bits per heavy atom. The second kappa shape index (κ2) is 7.70. The van der Waals surface area contributed by atoms with E-state index in [1.807, 2.05) is 17.1 Å². The maximum Gasteiger partial charge on any atom is 0.0731 e. The molecule has 0 aliphatic carbocycles. The quantitative estimate of drug-likeness (QED) is 0.800. The first-order valence-corrected chi connectivity index (χ1v) is 7.16. The van der Waals surface area contributed by atoms with Gasteiger partial charge in [-0.15, -0.1) is 0 Å². The van der Waals surface area contributed by atoms with Crippen LogP contribution in [0.3, 0.4) is 0 Å². The van der Waals surface area contributed by atoms with Gasteiger partial charge in [0.25, 0.3) is 0 Å². The Labute approximate surface area is 120 Å². The molecule has 0 saturated heterocycles. The van der Waals surface area contributed by atoms with Gasteiger partial charge < -0.3 is 10.1 Å². The average molecular weight is 273 g/mol. The number of ether oxygens (including phenoxy) is 1. The minimum atomic E-state index is 0.335. The molecule has 2 aromatic rings. The normalized spacial score (nSPS) is 12.3. The SMILES string of the molecule is CCCC(Nc1cnn(CCOC)c1)c1ccccc1. The number of hydrogen-bond acceptors (Lipinski definition) is 3. The van der Waals surface area contributed by atoms with Crippen molar-refractivity contribution in [3.8, 4) is 0 Å². The van der Waals surface area contributed by atoms with Crippen LogP contribution in [0.15, 0.2) is 42.7 Å². The number of hydrogen-bond donors (Lipinski definition) is 1. The minimum Gasteiger partial charge on any atom is -0.383 e. The van der Waals surface area contributed by atoms with Crippen molar-refractivity contribution in [2.24, 2.45) is 0 Å². The lowest BCUT2D eigenvalue weighted by Gasteiger charge is -2.18. The molecule has 1 unspecified atom stereocenters. The summed E-state index contributed by atoms with van der Waals surface area (Å²) in [5.41, 5.74) is 2.38. The summed E-state index contributed by atoms with van der Waals surface area (Å²) in [5.74, 6) is 0. The minimum absolute atomic E-state index is 0.335. The van der Waals surface area contributed by atoms with E-state index in [4.69, 9.17) is 4.74 Å². The van der Waals surface area contributed by atoms with Crippen molar-refractivity contribution in [1.82, 2.24) is 9.78 Å². The highest BCUT2D eigenvalue weighted by atomic mass is 16.5. The number of methoxy groups -OCH3 is 1. The van der Waals surface area contributed by atoms with Crippen LogP contribution in [-0.2, 0) is 11.3 Å². The largest absolute Gasteiger partial charge is 0.383 e. The van der Waals surface area contributed by atoms with Crippen LogP contribution >= 0.6 is 0 Å². The summed E-state index contributed by atoms with van der Waals surface area (Å²) in [6, 6.07) is 10.9. The summed E-state index contributed by atoms with van der Waals surface area (Å²) < 4.78 is 6.97. The van der Waals surface area contributed by atoms with E-state index in [0.29, 0.717) is 12.6 Å². The number of anilines is 1. The molecule has 0 spiro atoms.